The lowest BCUT2D eigenvalue weighted by atomic mass is 9.78. The minimum Gasteiger partial charge on any atom is -0.423 e. The number of rotatable bonds is 2. The van der Waals surface area contributed by atoms with Crippen molar-refractivity contribution in [3.8, 4) is 22.6 Å². The van der Waals surface area contributed by atoms with Gasteiger partial charge in [0.25, 0.3) is 0 Å². The van der Waals surface area contributed by atoms with E-state index in [4.69, 9.17) is 5.73 Å². The highest BCUT2D eigenvalue weighted by atomic mass is 19.3. The van der Waals surface area contributed by atoms with Crippen LogP contribution in [0.4, 0.5) is 14.5 Å². The molecule has 1 aliphatic heterocycles. The molecular formula is C15H10BF2N3O4. The average Bonchev–Trinajstić information content (AvgIpc) is 2.87. The van der Waals surface area contributed by atoms with Gasteiger partial charge in [-0.3, -0.25) is 0 Å². The Morgan fingerprint density at radius 3 is 2.68 bits per heavy atom. The van der Waals surface area contributed by atoms with Gasteiger partial charge in [-0.15, -0.1) is 8.78 Å². The minimum absolute atomic E-state index is 0.0196. The number of anilines is 1. The van der Waals surface area contributed by atoms with Gasteiger partial charge in [-0.25, -0.2) is 0 Å². The number of halogens is 2. The zero-order chi connectivity index (χ0) is 17.8. The predicted molar refractivity (Wildman–Crippen MR) is 85.4 cm³/mol. The van der Waals surface area contributed by atoms with Gasteiger partial charge in [0.2, 0.25) is 0 Å². The summed E-state index contributed by atoms with van der Waals surface area (Å²) in [5, 5.41) is 27.2. The second-order valence-electron chi connectivity index (χ2n) is 5.47. The SMILES string of the molecule is Nc1cnnc2cc(-c3cc(B(O)O)cc4c3OC(F)(F)O4)ccc12. The lowest BCUT2D eigenvalue weighted by Gasteiger charge is -2.10. The van der Waals surface area contributed by atoms with Crippen molar-refractivity contribution in [2.24, 2.45) is 0 Å². The van der Waals surface area contributed by atoms with Crippen molar-refractivity contribution in [1.82, 2.24) is 10.2 Å². The summed E-state index contributed by atoms with van der Waals surface area (Å²) >= 11 is 0. The first-order valence-corrected chi connectivity index (χ1v) is 7.15. The second-order valence-corrected chi connectivity index (χ2v) is 5.47. The smallest absolute Gasteiger partial charge is 0.423 e. The van der Waals surface area contributed by atoms with Crippen LogP contribution < -0.4 is 20.7 Å². The molecule has 0 radical (unpaired) electrons. The molecule has 0 spiro atoms. The van der Waals surface area contributed by atoms with Crippen LogP contribution in [-0.2, 0) is 0 Å². The molecule has 0 saturated heterocycles. The molecule has 0 amide bonds. The topological polar surface area (TPSA) is 111 Å². The zero-order valence-corrected chi connectivity index (χ0v) is 12.5. The summed E-state index contributed by atoms with van der Waals surface area (Å²) < 4.78 is 35.9. The van der Waals surface area contributed by atoms with Crippen LogP contribution in [0.25, 0.3) is 22.0 Å². The summed E-state index contributed by atoms with van der Waals surface area (Å²) in [6, 6.07) is 7.29. The van der Waals surface area contributed by atoms with Gasteiger partial charge in [0.05, 0.1) is 17.4 Å². The van der Waals surface area contributed by atoms with E-state index in [1.165, 1.54) is 12.3 Å². The first-order chi connectivity index (χ1) is 11.8. The van der Waals surface area contributed by atoms with Crippen molar-refractivity contribution >= 4 is 29.2 Å². The highest BCUT2D eigenvalue weighted by molar-refractivity contribution is 6.58. The predicted octanol–water partition coefficient (Wildman–Crippen LogP) is 0.880. The number of hydrogen-bond donors (Lipinski definition) is 3. The van der Waals surface area contributed by atoms with Crippen LogP contribution in [0.15, 0.2) is 36.5 Å². The molecule has 7 nitrogen and oxygen atoms in total. The average molecular weight is 345 g/mol. The summed E-state index contributed by atoms with van der Waals surface area (Å²) in [5.74, 6) is -0.491. The number of ether oxygens (including phenoxy) is 2. The molecular weight excluding hydrogens is 335 g/mol. The Labute approximate surface area is 139 Å². The van der Waals surface area contributed by atoms with Gasteiger partial charge >= 0.3 is 13.4 Å². The van der Waals surface area contributed by atoms with Crippen LogP contribution >= 0.6 is 0 Å². The maximum Gasteiger partial charge on any atom is 0.586 e. The molecule has 10 heteroatoms. The van der Waals surface area contributed by atoms with E-state index in [2.05, 4.69) is 19.7 Å². The van der Waals surface area contributed by atoms with E-state index in [1.807, 2.05) is 0 Å². The lowest BCUT2D eigenvalue weighted by molar-refractivity contribution is -0.286. The Morgan fingerprint density at radius 1 is 1.12 bits per heavy atom. The third-order valence-corrected chi connectivity index (χ3v) is 3.81. The van der Waals surface area contributed by atoms with Gasteiger partial charge in [0.1, 0.15) is 0 Å². The van der Waals surface area contributed by atoms with E-state index < -0.39 is 13.4 Å². The van der Waals surface area contributed by atoms with Gasteiger partial charge in [-0.05, 0) is 29.2 Å². The molecule has 0 atom stereocenters. The van der Waals surface area contributed by atoms with E-state index in [0.29, 0.717) is 22.2 Å². The van der Waals surface area contributed by atoms with Gasteiger partial charge in [0.15, 0.2) is 11.5 Å². The highest BCUT2D eigenvalue weighted by Crippen LogP contribution is 2.46. The summed E-state index contributed by atoms with van der Waals surface area (Å²) in [5.41, 5.74) is 7.33. The van der Waals surface area contributed by atoms with Crippen LogP contribution in [0.2, 0.25) is 0 Å². The Hall–Kier alpha value is -2.98. The van der Waals surface area contributed by atoms with Gasteiger partial charge in [-0.2, -0.15) is 10.2 Å². The number of nitrogens with two attached hydrogens (primary N) is 1. The van der Waals surface area contributed by atoms with Gasteiger partial charge in [0, 0.05) is 10.9 Å². The fourth-order valence-electron chi connectivity index (χ4n) is 2.68. The van der Waals surface area contributed by atoms with Crippen LogP contribution in [0.5, 0.6) is 11.5 Å². The monoisotopic (exact) mass is 345 g/mol. The van der Waals surface area contributed by atoms with Crippen LogP contribution in [0, 0.1) is 0 Å². The van der Waals surface area contributed by atoms with Crippen molar-refractivity contribution in [2.45, 2.75) is 6.29 Å². The lowest BCUT2D eigenvalue weighted by Crippen LogP contribution is -2.29. The third kappa shape index (κ3) is 2.61. The maximum absolute atomic E-state index is 13.5. The molecule has 4 N–H and O–H groups in total. The molecule has 126 valence electrons. The summed E-state index contributed by atoms with van der Waals surface area (Å²) in [6.07, 6.45) is -2.43. The first-order valence-electron chi connectivity index (χ1n) is 7.15. The molecule has 0 unspecified atom stereocenters. The molecule has 0 aliphatic carbocycles. The van der Waals surface area contributed by atoms with Gasteiger partial charge < -0.3 is 25.3 Å². The standard InChI is InChI=1S/C15H10BF2N3O4/c17-15(18)24-13-5-8(16(22)23)4-10(14(13)25-15)7-1-2-9-11(19)6-20-21-12(9)3-7/h1-6,22-23H,(H2,19,21). The molecule has 3 aromatic rings. The first kappa shape index (κ1) is 15.5. The number of nitrogen functional groups attached to an aromatic ring is 1. The van der Waals surface area contributed by atoms with E-state index >= 15 is 0 Å². The Kier molecular flexibility index (Phi) is 3.27. The quantitative estimate of drug-likeness (QED) is 0.591. The molecule has 0 saturated carbocycles. The van der Waals surface area contributed by atoms with Crippen LogP contribution in [0.1, 0.15) is 0 Å². The molecule has 4 rings (SSSR count). The number of aromatic nitrogens is 2. The maximum atomic E-state index is 13.5. The van der Waals surface area contributed by atoms with Crippen molar-refractivity contribution in [3.63, 3.8) is 0 Å². The molecule has 1 aliphatic rings. The summed E-state index contributed by atoms with van der Waals surface area (Å²) in [4.78, 5) is 0. The number of nitrogens with zero attached hydrogens (tertiary/aromatic N) is 2. The molecule has 1 aromatic heterocycles. The molecule has 25 heavy (non-hydrogen) atoms. The largest absolute Gasteiger partial charge is 0.586 e. The van der Waals surface area contributed by atoms with Gasteiger partial charge in [-0.1, -0.05) is 12.1 Å². The third-order valence-electron chi connectivity index (χ3n) is 3.81. The number of hydrogen-bond acceptors (Lipinski definition) is 7. The van der Waals surface area contributed by atoms with E-state index in [-0.39, 0.29) is 22.5 Å². The molecule has 0 bridgehead atoms. The number of fused-ring (bicyclic) bond motifs is 2. The highest BCUT2D eigenvalue weighted by Gasteiger charge is 2.45. The second kappa shape index (κ2) is 5.26. The fourth-order valence-corrected chi connectivity index (χ4v) is 2.68. The minimum atomic E-state index is -3.84. The number of alkyl halides is 2. The Bertz CT molecular complexity index is 1000. The van der Waals surface area contributed by atoms with Crippen molar-refractivity contribution in [3.05, 3.63) is 36.5 Å². The van der Waals surface area contributed by atoms with Crippen molar-refractivity contribution in [1.29, 1.82) is 0 Å². The number of benzene rings is 2. The molecule has 0 fully saturated rings. The van der Waals surface area contributed by atoms with Crippen LogP contribution in [-0.4, -0.2) is 33.7 Å². The van der Waals surface area contributed by atoms with Crippen molar-refractivity contribution < 1.29 is 28.3 Å². The normalized spacial score (nSPS) is 14.7. The van der Waals surface area contributed by atoms with Crippen LogP contribution in [0.3, 0.4) is 0 Å². The van der Waals surface area contributed by atoms with E-state index in [1.54, 1.807) is 18.2 Å². The molecule has 2 aromatic carbocycles. The summed E-state index contributed by atoms with van der Waals surface area (Å²) in [7, 11) is -1.86. The Morgan fingerprint density at radius 2 is 1.92 bits per heavy atom. The van der Waals surface area contributed by atoms with E-state index in [9.17, 15) is 18.8 Å². The Balaban J connectivity index is 1.93. The zero-order valence-electron chi connectivity index (χ0n) is 12.5. The summed E-state index contributed by atoms with van der Waals surface area (Å²) in [6.45, 7) is 0. The molecule has 2 heterocycles. The fraction of sp³-hybridized carbons (Fsp3) is 0.0667. The van der Waals surface area contributed by atoms with Crippen molar-refractivity contribution in [2.75, 3.05) is 5.73 Å². The van der Waals surface area contributed by atoms with E-state index in [0.717, 1.165) is 6.07 Å².